The van der Waals surface area contributed by atoms with Crippen LogP contribution in [-0.4, -0.2) is 37.3 Å². The van der Waals surface area contributed by atoms with Crippen LogP contribution in [0, 0.1) is 0 Å². The van der Waals surface area contributed by atoms with Gasteiger partial charge in [0.15, 0.2) is 0 Å². The van der Waals surface area contributed by atoms with Crippen molar-refractivity contribution in [2.75, 3.05) is 31.6 Å². The Morgan fingerprint density at radius 2 is 2.03 bits per heavy atom. The number of carbonyl (C=O) groups excluding carboxylic acids is 1. The summed E-state index contributed by atoms with van der Waals surface area (Å²) in [7, 11) is 0. The third-order valence-corrected chi connectivity index (χ3v) is 5.67. The molecule has 1 atom stereocenters. The molecule has 1 amide bonds. The number of carbonyl (C=O) groups is 1. The highest BCUT2D eigenvalue weighted by Gasteiger charge is 2.23. The summed E-state index contributed by atoms with van der Waals surface area (Å²) in [6.07, 6.45) is -0.568. The summed E-state index contributed by atoms with van der Waals surface area (Å²) in [6.45, 7) is 4.73. The molecule has 2 heterocycles. The van der Waals surface area contributed by atoms with E-state index in [0.717, 1.165) is 34.1 Å². The maximum Gasteiger partial charge on any atom is 0.411 e. The van der Waals surface area contributed by atoms with Gasteiger partial charge < -0.3 is 13.9 Å². The first-order valence-corrected chi connectivity index (χ1v) is 10.9. The van der Waals surface area contributed by atoms with Gasteiger partial charge in [-0.05, 0) is 42.3 Å². The van der Waals surface area contributed by atoms with Crippen molar-refractivity contribution in [3.05, 3.63) is 74.6 Å². The number of morpholine rings is 1. The van der Waals surface area contributed by atoms with Crippen LogP contribution in [0.15, 0.2) is 62.2 Å². The summed E-state index contributed by atoms with van der Waals surface area (Å²) in [4.78, 5) is 26.1. The van der Waals surface area contributed by atoms with Crippen LogP contribution in [0.4, 0.5) is 10.5 Å². The molecule has 1 aliphatic rings. The Balaban J connectivity index is 1.54. The van der Waals surface area contributed by atoms with Crippen LogP contribution >= 0.6 is 15.9 Å². The maximum atomic E-state index is 12.2. The molecule has 3 aromatic rings. The van der Waals surface area contributed by atoms with E-state index in [2.05, 4.69) is 38.3 Å². The third-order valence-electron chi connectivity index (χ3n) is 5.14. The summed E-state index contributed by atoms with van der Waals surface area (Å²) < 4.78 is 17.3. The Morgan fingerprint density at radius 3 is 2.81 bits per heavy atom. The molecule has 0 bridgehead atoms. The Morgan fingerprint density at radius 1 is 1.23 bits per heavy atom. The van der Waals surface area contributed by atoms with E-state index in [1.54, 1.807) is 19.1 Å². The van der Waals surface area contributed by atoms with E-state index < -0.39 is 11.7 Å². The van der Waals surface area contributed by atoms with E-state index >= 15 is 0 Å². The van der Waals surface area contributed by atoms with E-state index in [0.29, 0.717) is 24.4 Å². The third kappa shape index (κ3) is 5.33. The van der Waals surface area contributed by atoms with Crippen LogP contribution in [0.3, 0.4) is 0 Å². The van der Waals surface area contributed by atoms with Gasteiger partial charge in [0.05, 0.1) is 19.3 Å². The Hall–Kier alpha value is -2.68. The van der Waals surface area contributed by atoms with Gasteiger partial charge in [0.25, 0.3) is 0 Å². The second-order valence-electron chi connectivity index (χ2n) is 7.29. The monoisotopic (exact) mass is 486 g/mol. The van der Waals surface area contributed by atoms with Crippen molar-refractivity contribution in [1.29, 1.82) is 0 Å². The summed E-state index contributed by atoms with van der Waals surface area (Å²) >= 11 is 3.46. The zero-order chi connectivity index (χ0) is 21.8. The lowest BCUT2D eigenvalue weighted by Crippen LogP contribution is -2.38. The molecule has 1 fully saturated rings. The second-order valence-corrected chi connectivity index (χ2v) is 8.21. The molecule has 162 valence electrons. The van der Waals surface area contributed by atoms with Crippen LogP contribution in [0.1, 0.15) is 24.2 Å². The van der Waals surface area contributed by atoms with Gasteiger partial charge in [-0.1, -0.05) is 28.1 Å². The molecule has 0 aliphatic carbocycles. The highest BCUT2D eigenvalue weighted by molar-refractivity contribution is 9.10. The lowest BCUT2D eigenvalue weighted by atomic mass is 10.1. The van der Waals surface area contributed by atoms with Crippen molar-refractivity contribution in [2.45, 2.75) is 19.6 Å². The van der Waals surface area contributed by atoms with Crippen LogP contribution in [0.5, 0.6) is 0 Å². The summed E-state index contributed by atoms with van der Waals surface area (Å²) in [5.74, 6) is 0. The molecule has 7 nitrogen and oxygen atoms in total. The van der Waals surface area contributed by atoms with Crippen molar-refractivity contribution < 1.29 is 18.7 Å². The number of nitrogens with zero attached hydrogens (tertiary/aromatic N) is 1. The molecule has 0 saturated carbocycles. The minimum atomic E-state index is -0.548. The van der Waals surface area contributed by atoms with Crippen LogP contribution in [0.2, 0.25) is 0 Å². The number of nitrogens with one attached hydrogen (secondary N) is 1. The number of halogens is 1. The summed E-state index contributed by atoms with van der Waals surface area (Å²) in [5, 5.41) is 3.46. The zero-order valence-electron chi connectivity index (χ0n) is 17.1. The second kappa shape index (κ2) is 9.64. The Bertz CT molecular complexity index is 1130. The number of ether oxygens (including phenoxy) is 2. The smallest absolute Gasteiger partial charge is 0.411 e. The fourth-order valence-corrected chi connectivity index (χ4v) is 3.95. The maximum absolute atomic E-state index is 12.2. The van der Waals surface area contributed by atoms with Gasteiger partial charge in [-0.15, -0.1) is 0 Å². The van der Waals surface area contributed by atoms with Crippen molar-refractivity contribution in [3.8, 4) is 0 Å². The number of amides is 1. The van der Waals surface area contributed by atoms with Gasteiger partial charge in [-0.25, -0.2) is 9.59 Å². The first-order chi connectivity index (χ1) is 15.0. The van der Waals surface area contributed by atoms with Crippen LogP contribution in [0.25, 0.3) is 11.0 Å². The van der Waals surface area contributed by atoms with Gasteiger partial charge in [-0.3, -0.25) is 10.2 Å². The molecule has 2 aromatic carbocycles. The van der Waals surface area contributed by atoms with Crippen molar-refractivity contribution >= 4 is 38.7 Å². The minimum absolute atomic E-state index is 0.0198. The highest BCUT2D eigenvalue weighted by atomic mass is 79.9. The molecular weight excluding hydrogens is 464 g/mol. The molecule has 1 N–H and O–H groups in total. The van der Waals surface area contributed by atoms with E-state index in [4.69, 9.17) is 13.9 Å². The number of fused-ring (bicyclic) bond motifs is 1. The molecule has 1 aliphatic heterocycles. The first-order valence-electron chi connectivity index (χ1n) is 10.1. The predicted octanol–water partition coefficient (Wildman–Crippen LogP) is 4.70. The van der Waals surface area contributed by atoms with Gasteiger partial charge in [0.1, 0.15) is 5.58 Å². The topological polar surface area (TPSA) is 81.0 Å². The minimum Gasteiger partial charge on any atom is -0.450 e. The van der Waals surface area contributed by atoms with Gasteiger partial charge >= 0.3 is 11.7 Å². The number of rotatable bonds is 5. The Labute approximate surface area is 188 Å². The SMILES string of the molecule is CCOC(=O)Nc1ccc2c(CN3CCOC(c4ccc(Br)cc4)C3)cc(=O)oc2c1. The largest absolute Gasteiger partial charge is 0.450 e. The van der Waals surface area contributed by atoms with Crippen LogP contribution in [-0.2, 0) is 16.0 Å². The lowest BCUT2D eigenvalue weighted by Gasteiger charge is -2.33. The van der Waals surface area contributed by atoms with E-state index in [-0.39, 0.29) is 12.7 Å². The van der Waals surface area contributed by atoms with E-state index in [1.807, 2.05) is 18.2 Å². The van der Waals surface area contributed by atoms with E-state index in [9.17, 15) is 9.59 Å². The van der Waals surface area contributed by atoms with Crippen molar-refractivity contribution in [3.63, 3.8) is 0 Å². The summed E-state index contributed by atoms with van der Waals surface area (Å²) in [6, 6.07) is 14.9. The number of benzene rings is 2. The molecule has 1 unspecified atom stereocenters. The van der Waals surface area contributed by atoms with Gasteiger partial charge in [0, 0.05) is 47.3 Å². The number of hydrogen-bond donors (Lipinski definition) is 1. The molecule has 4 rings (SSSR count). The van der Waals surface area contributed by atoms with Crippen molar-refractivity contribution in [1.82, 2.24) is 4.90 Å². The normalized spacial score (nSPS) is 16.9. The molecule has 8 heteroatoms. The van der Waals surface area contributed by atoms with Gasteiger partial charge in [0.2, 0.25) is 0 Å². The standard InChI is InChI=1S/C23H23BrN2O5/c1-2-29-23(28)25-18-7-8-19-16(11-22(27)31-20(19)12-18)13-26-9-10-30-21(14-26)15-3-5-17(24)6-4-15/h3-8,11-12,21H,2,9-10,13-14H2,1H3,(H,25,28). The number of hydrogen-bond acceptors (Lipinski definition) is 6. The van der Waals surface area contributed by atoms with Gasteiger partial charge in [-0.2, -0.15) is 0 Å². The predicted molar refractivity (Wildman–Crippen MR) is 121 cm³/mol. The molecule has 0 spiro atoms. The highest BCUT2D eigenvalue weighted by Crippen LogP contribution is 2.27. The molecule has 0 radical (unpaired) electrons. The average Bonchev–Trinajstić information content (AvgIpc) is 2.74. The quantitative estimate of drug-likeness (QED) is 0.526. The molecule has 1 aromatic heterocycles. The first kappa shape index (κ1) is 21.5. The average molecular weight is 487 g/mol. The number of anilines is 1. The van der Waals surface area contributed by atoms with E-state index in [1.165, 1.54) is 6.07 Å². The fourth-order valence-electron chi connectivity index (χ4n) is 3.69. The summed E-state index contributed by atoms with van der Waals surface area (Å²) in [5.41, 5.74) is 2.52. The lowest BCUT2D eigenvalue weighted by molar-refractivity contribution is -0.0328. The molecule has 31 heavy (non-hydrogen) atoms. The fraction of sp³-hybridized carbons (Fsp3) is 0.304. The van der Waals surface area contributed by atoms with Crippen molar-refractivity contribution in [2.24, 2.45) is 0 Å². The Kier molecular flexibility index (Phi) is 6.70. The molecular formula is C23H23BrN2O5. The molecule has 1 saturated heterocycles. The zero-order valence-corrected chi connectivity index (χ0v) is 18.7. The van der Waals surface area contributed by atoms with Crippen LogP contribution < -0.4 is 10.9 Å².